The average Bonchev–Trinajstić information content (AvgIpc) is 3.32. The van der Waals surface area contributed by atoms with Gasteiger partial charge in [0, 0.05) is 18.7 Å². The van der Waals surface area contributed by atoms with E-state index in [9.17, 15) is 9.59 Å². The zero-order valence-corrected chi connectivity index (χ0v) is 23.7. The summed E-state index contributed by atoms with van der Waals surface area (Å²) >= 11 is 0. The van der Waals surface area contributed by atoms with Crippen LogP contribution in [0.15, 0.2) is 48.5 Å². The van der Waals surface area contributed by atoms with Crippen LogP contribution in [0.4, 0.5) is 0 Å². The van der Waals surface area contributed by atoms with Gasteiger partial charge in [-0.15, -0.1) is 0 Å². The van der Waals surface area contributed by atoms with E-state index in [1.165, 1.54) is 12.7 Å². The largest absolute Gasteiger partial charge is 0.493 e. The van der Waals surface area contributed by atoms with Gasteiger partial charge in [-0.05, 0) is 62.4 Å². The van der Waals surface area contributed by atoms with Gasteiger partial charge in [0.25, 0.3) is 5.91 Å². The third kappa shape index (κ3) is 6.73. The highest BCUT2D eigenvalue weighted by atomic mass is 16.6. The van der Waals surface area contributed by atoms with Crippen LogP contribution in [-0.4, -0.2) is 41.0 Å². The molecule has 0 saturated heterocycles. The molecule has 0 saturated carbocycles. The number of benzene rings is 2. The number of methoxy groups -OCH3 is 1. The lowest BCUT2D eigenvalue weighted by Gasteiger charge is -2.25. The molecule has 0 aliphatic heterocycles. The SMILES string of the molecule is CCOC(=O)C(C)(C)Oc1ccc(CNC(=O)c2cc(-c3ccc(C(C)(C)C)cc3)nn2CC)cc1OC. The molecule has 0 fully saturated rings. The van der Waals surface area contributed by atoms with Gasteiger partial charge in [0.2, 0.25) is 0 Å². The normalized spacial score (nSPS) is 11.7. The predicted molar refractivity (Wildman–Crippen MR) is 148 cm³/mol. The molecule has 3 rings (SSSR count). The van der Waals surface area contributed by atoms with Gasteiger partial charge in [-0.1, -0.05) is 51.1 Å². The molecule has 0 atom stereocenters. The van der Waals surface area contributed by atoms with Crippen LogP contribution < -0.4 is 14.8 Å². The van der Waals surface area contributed by atoms with Gasteiger partial charge in [-0.25, -0.2) is 4.79 Å². The summed E-state index contributed by atoms with van der Waals surface area (Å²) in [6.07, 6.45) is 0. The van der Waals surface area contributed by atoms with E-state index in [4.69, 9.17) is 14.2 Å². The molecule has 8 heteroatoms. The number of nitrogens with zero attached hydrogens (tertiary/aromatic N) is 2. The Morgan fingerprint density at radius 2 is 1.63 bits per heavy atom. The van der Waals surface area contributed by atoms with Crippen LogP contribution in [0, 0.1) is 0 Å². The first-order valence-corrected chi connectivity index (χ1v) is 12.9. The molecule has 1 heterocycles. The highest BCUT2D eigenvalue weighted by Gasteiger charge is 2.32. The lowest BCUT2D eigenvalue weighted by molar-refractivity contribution is -0.158. The summed E-state index contributed by atoms with van der Waals surface area (Å²) in [7, 11) is 1.53. The topological polar surface area (TPSA) is 91.7 Å². The zero-order chi connectivity index (χ0) is 28.1. The Kier molecular flexibility index (Phi) is 8.86. The van der Waals surface area contributed by atoms with Crippen molar-refractivity contribution in [3.63, 3.8) is 0 Å². The second-order valence-electron chi connectivity index (χ2n) is 10.6. The molecule has 8 nitrogen and oxygen atoms in total. The van der Waals surface area contributed by atoms with Crippen molar-refractivity contribution in [2.24, 2.45) is 0 Å². The highest BCUT2D eigenvalue weighted by molar-refractivity contribution is 5.93. The number of amides is 1. The summed E-state index contributed by atoms with van der Waals surface area (Å²) in [6, 6.07) is 15.4. The fourth-order valence-corrected chi connectivity index (χ4v) is 3.92. The number of carbonyl (C=O) groups is 2. The van der Waals surface area contributed by atoms with Crippen molar-refractivity contribution in [3.05, 3.63) is 65.4 Å². The lowest BCUT2D eigenvalue weighted by Crippen LogP contribution is -2.39. The number of aromatic nitrogens is 2. The molecule has 0 bridgehead atoms. The molecule has 1 amide bonds. The number of hydrogen-bond acceptors (Lipinski definition) is 6. The third-order valence-electron chi connectivity index (χ3n) is 6.17. The van der Waals surface area contributed by atoms with Gasteiger partial charge in [0.05, 0.1) is 19.4 Å². The molecule has 0 spiro atoms. The van der Waals surface area contributed by atoms with E-state index in [0.29, 0.717) is 23.7 Å². The Morgan fingerprint density at radius 1 is 0.947 bits per heavy atom. The van der Waals surface area contributed by atoms with Crippen molar-refractivity contribution >= 4 is 11.9 Å². The smallest absolute Gasteiger partial charge is 0.349 e. The number of ether oxygens (including phenoxy) is 3. The maximum atomic E-state index is 13.1. The Morgan fingerprint density at radius 3 is 2.21 bits per heavy atom. The van der Waals surface area contributed by atoms with E-state index < -0.39 is 11.6 Å². The van der Waals surface area contributed by atoms with Crippen molar-refractivity contribution in [1.82, 2.24) is 15.1 Å². The van der Waals surface area contributed by atoms with Crippen molar-refractivity contribution in [2.75, 3.05) is 13.7 Å². The lowest BCUT2D eigenvalue weighted by atomic mass is 9.86. The van der Waals surface area contributed by atoms with Gasteiger partial charge in [0.1, 0.15) is 5.69 Å². The second kappa shape index (κ2) is 11.7. The predicted octanol–water partition coefficient (Wildman–Crippen LogP) is 5.53. The summed E-state index contributed by atoms with van der Waals surface area (Å²) in [6.45, 7) is 14.6. The van der Waals surface area contributed by atoms with Crippen molar-refractivity contribution in [3.8, 4) is 22.8 Å². The summed E-state index contributed by atoms with van der Waals surface area (Å²) in [5.41, 5.74) is 3.15. The minimum absolute atomic E-state index is 0.0659. The Balaban J connectivity index is 1.73. The molecule has 0 radical (unpaired) electrons. The van der Waals surface area contributed by atoms with Crippen molar-refractivity contribution in [1.29, 1.82) is 0 Å². The molecular weight excluding hydrogens is 482 g/mol. The molecule has 0 aliphatic rings. The second-order valence-corrected chi connectivity index (χ2v) is 10.6. The zero-order valence-electron chi connectivity index (χ0n) is 23.7. The molecule has 0 unspecified atom stereocenters. The van der Waals surface area contributed by atoms with E-state index in [0.717, 1.165) is 16.8 Å². The Hall–Kier alpha value is -3.81. The minimum Gasteiger partial charge on any atom is -0.493 e. The number of esters is 1. The maximum Gasteiger partial charge on any atom is 0.349 e. The molecule has 204 valence electrons. The Labute approximate surface area is 225 Å². The van der Waals surface area contributed by atoms with Gasteiger partial charge in [-0.3, -0.25) is 9.48 Å². The number of hydrogen-bond donors (Lipinski definition) is 1. The van der Waals surface area contributed by atoms with Crippen molar-refractivity contribution < 1.29 is 23.8 Å². The number of nitrogens with one attached hydrogen (secondary N) is 1. The molecule has 2 aromatic carbocycles. The molecular formula is C30H39N3O5. The fraction of sp³-hybridized carbons (Fsp3) is 0.433. The van der Waals surface area contributed by atoms with Gasteiger partial charge in [-0.2, -0.15) is 5.10 Å². The van der Waals surface area contributed by atoms with Crippen molar-refractivity contribution in [2.45, 2.75) is 72.6 Å². The minimum atomic E-state index is -1.18. The van der Waals surface area contributed by atoms with Crippen LogP contribution in [0.3, 0.4) is 0 Å². The summed E-state index contributed by atoms with van der Waals surface area (Å²) < 4.78 is 18.2. The van der Waals surface area contributed by atoms with E-state index in [2.05, 4.69) is 43.3 Å². The van der Waals surface area contributed by atoms with Crippen LogP contribution >= 0.6 is 0 Å². The van der Waals surface area contributed by atoms with Gasteiger partial charge in [0.15, 0.2) is 17.1 Å². The molecule has 3 aromatic rings. The highest BCUT2D eigenvalue weighted by Crippen LogP contribution is 2.32. The van der Waals surface area contributed by atoms with E-state index in [-0.39, 0.29) is 24.5 Å². The van der Waals surface area contributed by atoms with Crippen LogP contribution in [0.5, 0.6) is 11.5 Å². The van der Waals surface area contributed by atoms with Crippen LogP contribution in [0.25, 0.3) is 11.3 Å². The average molecular weight is 522 g/mol. The number of rotatable bonds is 10. The first-order valence-electron chi connectivity index (χ1n) is 12.9. The quantitative estimate of drug-likeness (QED) is 0.353. The summed E-state index contributed by atoms with van der Waals surface area (Å²) in [4.78, 5) is 25.3. The molecule has 0 aliphatic carbocycles. The standard InChI is InChI=1S/C30H39N3O5/c1-9-33-24(18-23(32-33)21-12-14-22(15-13-21)29(3,4)5)27(34)31-19-20-11-16-25(26(17-20)36-8)38-30(6,7)28(35)37-10-2/h11-18H,9-10,19H2,1-8H3,(H,31,34). The van der Waals surface area contributed by atoms with E-state index >= 15 is 0 Å². The van der Waals surface area contributed by atoms with Gasteiger partial charge < -0.3 is 19.5 Å². The van der Waals surface area contributed by atoms with E-state index in [1.54, 1.807) is 37.6 Å². The summed E-state index contributed by atoms with van der Waals surface area (Å²) in [5.74, 6) is 0.176. The van der Waals surface area contributed by atoms with Crippen LogP contribution in [-0.2, 0) is 28.0 Å². The first kappa shape index (κ1) is 28.8. The molecule has 1 N–H and O–H groups in total. The fourth-order valence-electron chi connectivity index (χ4n) is 3.92. The Bertz CT molecular complexity index is 1270. The maximum absolute atomic E-state index is 13.1. The van der Waals surface area contributed by atoms with Crippen LogP contribution in [0.1, 0.15) is 70.1 Å². The molecule has 38 heavy (non-hydrogen) atoms. The monoisotopic (exact) mass is 521 g/mol. The number of aryl methyl sites for hydroxylation is 1. The first-order chi connectivity index (χ1) is 17.9. The number of carbonyl (C=O) groups excluding carboxylic acids is 2. The third-order valence-corrected chi connectivity index (χ3v) is 6.17. The molecule has 1 aromatic heterocycles. The van der Waals surface area contributed by atoms with E-state index in [1.807, 2.05) is 31.2 Å². The van der Waals surface area contributed by atoms with Crippen LogP contribution in [0.2, 0.25) is 0 Å². The van der Waals surface area contributed by atoms with Gasteiger partial charge >= 0.3 is 5.97 Å². The summed E-state index contributed by atoms with van der Waals surface area (Å²) in [5, 5.41) is 7.62.